The average molecular weight is 896 g/mol. The van der Waals surface area contributed by atoms with Gasteiger partial charge in [0.15, 0.2) is 0 Å². The Morgan fingerprint density at radius 2 is 1.38 bits per heavy atom. The van der Waals surface area contributed by atoms with E-state index in [1.165, 1.54) is 4.90 Å². The van der Waals surface area contributed by atoms with Crippen molar-refractivity contribution < 1.29 is 39.0 Å². The van der Waals surface area contributed by atoms with E-state index in [-0.39, 0.29) is 55.2 Å². The van der Waals surface area contributed by atoms with Gasteiger partial charge in [-0.25, -0.2) is 9.78 Å². The Morgan fingerprint density at radius 1 is 0.781 bits per heavy atom. The SMILES string of the molecule is Cc1ncsc1-c1ccc(CNC(=O)[C@@H]2C[C@H](O)CN2C(=O)C(NC(=O)CCCCCCCCCCC(=O)Nc2ccc(C(=O)Nc3ccccc3NC(=O)O)cc2)C(C)(C)C)cc1. The number of benzene rings is 3. The Balaban J connectivity index is 0.943. The van der Waals surface area contributed by atoms with Gasteiger partial charge in [0.25, 0.3) is 5.91 Å². The molecular weight excluding hydrogens is 835 g/mol. The van der Waals surface area contributed by atoms with E-state index in [9.17, 15) is 33.9 Å². The van der Waals surface area contributed by atoms with Crippen molar-refractivity contribution in [1.82, 2.24) is 20.5 Å². The van der Waals surface area contributed by atoms with Gasteiger partial charge in [0.05, 0.1) is 33.6 Å². The lowest BCUT2D eigenvalue weighted by atomic mass is 9.85. The van der Waals surface area contributed by atoms with Crippen LogP contribution in [0.1, 0.15) is 113 Å². The zero-order chi connectivity index (χ0) is 46.2. The third-order valence-electron chi connectivity index (χ3n) is 11.1. The zero-order valence-electron chi connectivity index (χ0n) is 37.1. The van der Waals surface area contributed by atoms with Crippen LogP contribution in [-0.2, 0) is 25.7 Å². The van der Waals surface area contributed by atoms with E-state index in [1.807, 2.05) is 57.5 Å². The highest BCUT2D eigenvalue weighted by atomic mass is 32.1. The van der Waals surface area contributed by atoms with Gasteiger partial charge in [-0.1, -0.05) is 95.7 Å². The van der Waals surface area contributed by atoms with E-state index in [2.05, 4.69) is 31.6 Å². The molecule has 15 nitrogen and oxygen atoms in total. The van der Waals surface area contributed by atoms with Crippen LogP contribution in [0.5, 0.6) is 0 Å². The predicted octanol–water partition coefficient (Wildman–Crippen LogP) is 8.11. The summed E-state index contributed by atoms with van der Waals surface area (Å²) in [5, 5.41) is 33.3. The van der Waals surface area contributed by atoms with E-state index >= 15 is 0 Å². The van der Waals surface area contributed by atoms with Crippen molar-refractivity contribution in [2.24, 2.45) is 5.41 Å². The van der Waals surface area contributed by atoms with Crippen LogP contribution in [0.3, 0.4) is 0 Å². The lowest BCUT2D eigenvalue weighted by Gasteiger charge is -2.35. The number of aliphatic hydroxyl groups excluding tert-OH is 1. The normalized spacial score (nSPS) is 15.2. The molecule has 1 aliphatic heterocycles. The standard InChI is InChI=1S/C48H61N7O8S/c1-31-42(64-30-50-31)33-21-19-32(20-22-33)28-49-45(60)39-27-36(56)29-55(39)46(61)43(48(2,3)4)54-41(58)18-12-10-8-6-5-7-9-11-17-40(57)51-35-25-23-34(24-26-35)44(59)52-37-15-13-14-16-38(37)53-47(62)63/h13-16,19-26,30,36,39,43,53,56H,5-12,17-18,27-29H2,1-4H3,(H,49,60)(H,51,57)(H,52,59)(H,54,58)(H,62,63)/t36-,39-,43?/m0/s1. The summed E-state index contributed by atoms with van der Waals surface area (Å²) in [6.45, 7) is 7.88. The number of aromatic nitrogens is 1. The number of amides is 6. The molecule has 2 heterocycles. The van der Waals surface area contributed by atoms with Gasteiger partial charge in [-0.05, 0) is 72.7 Å². The number of likely N-dealkylation sites (tertiary alicyclic amines) is 1. The maximum atomic E-state index is 14.0. The number of hydrogen-bond donors (Lipinski definition) is 7. The second-order valence-electron chi connectivity index (χ2n) is 17.3. The van der Waals surface area contributed by atoms with Crippen LogP contribution in [0.15, 0.2) is 78.3 Å². The Bertz CT molecular complexity index is 2220. The molecule has 64 heavy (non-hydrogen) atoms. The summed E-state index contributed by atoms with van der Waals surface area (Å²) in [4.78, 5) is 83.6. The molecule has 7 N–H and O–H groups in total. The van der Waals surface area contributed by atoms with Crippen molar-refractivity contribution >= 4 is 64.0 Å². The summed E-state index contributed by atoms with van der Waals surface area (Å²) in [5.74, 6) is -1.48. The summed E-state index contributed by atoms with van der Waals surface area (Å²) in [6, 6.07) is 19.1. The molecule has 5 rings (SSSR count). The molecule has 1 aromatic heterocycles. The Morgan fingerprint density at radius 3 is 1.95 bits per heavy atom. The number of anilines is 3. The molecule has 0 radical (unpaired) electrons. The van der Waals surface area contributed by atoms with E-state index < -0.39 is 35.6 Å². The molecule has 6 amide bonds. The number of aliphatic hydroxyl groups is 1. The second-order valence-corrected chi connectivity index (χ2v) is 18.2. The first-order valence-electron chi connectivity index (χ1n) is 21.9. The molecule has 16 heteroatoms. The fourth-order valence-corrected chi connectivity index (χ4v) is 8.40. The van der Waals surface area contributed by atoms with Crippen LogP contribution in [0, 0.1) is 12.3 Å². The summed E-state index contributed by atoms with van der Waals surface area (Å²) in [7, 11) is 0. The molecule has 1 saturated heterocycles. The number of nitrogens with one attached hydrogen (secondary N) is 5. The molecule has 0 bridgehead atoms. The third kappa shape index (κ3) is 14.7. The Labute approximate surface area is 378 Å². The zero-order valence-corrected chi connectivity index (χ0v) is 37.9. The predicted molar refractivity (Wildman–Crippen MR) is 249 cm³/mol. The average Bonchev–Trinajstić information content (AvgIpc) is 3.87. The van der Waals surface area contributed by atoms with Gasteiger partial charge in [-0.15, -0.1) is 11.3 Å². The lowest BCUT2D eigenvalue weighted by molar-refractivity contribution is -0.144. The number of β-amino-alcohol motifs (C(OH)–C–C–N with tert-alkyl or cyclic N) is 1. The van der Waals surface area contributed by atoms with Crippen LogP contribution in [0.2, 0.25) is 0 Å². The minimum absolute atomic E-state index is 0.0171. The van der Waals surface area contributed by atoms with E-state index in [0.717, 1.165) is 66.6 Å². The van der Waals surface area contributed by atoms with Gasteiger partial charge in [0.2, 0.25) is 23.6 Å². The maximum absolute atomic E-state index is 14.0. The number of carbonyl (C=O) groups is 6. The maximum Gasteiger partial charge on any atom is 0.409 e. The number of para-hydroxylation sites is 2. The van der Waals surface area contributed by atoms with Gasteiger partial charge >= 0.3 is 6.09 Å². The number of unbranched alkanes of at least 4 members (excludes halogenated alkanes) is 7. The van der Waals surface area contributed by atoms with Crippen LogP contribution in [0.25, 0.3) is 10.4 Å². The molecule has 1 unspecified atom stereocenters. The molecule has 342 valence electrons. The molecule has 0 spiro atoms. The number of nitrogens with zero attached hydrogens (tertiary/aromatic N) is 2. The number of thiazole rings is 1. The van der Waals surface area contributed by atoms with Crippen molar-refractivity contribution in [2.75, 3.05) is 22.5 Å². The van der Waals surface area contributed by atoms with Crippen LogP contribution >= 0.6 is 11.3 Å². The van der Waals surface area contributed by atoms with Gasteiger partial charge in [0.1, 0.15) is 12.1 Å². The summed E-state index contributed by atoms with van der Waals surface area (Å²) in [5.41, 5.74) is 5.60. The van der Waals surface area contributed by atoms with Gasteiger partial charge in [-0.2, -0.15) is 0 Å². The van der Waals surface area contributed by atoms with Gasteiger partial charge in [-0.3, -0.25) is 29.3 Å². The highest BCUT2D eigenvalue weighted by Crippen LogP contribution is 2.29. The summed E-state index contributed by atoms with van der Waals surface area (Å²) in [6.07, 6.45) is 5.88. The molecule has 3 atom stereocenters. The fourth-order valence-electron chi connectivity index (χ4n) is 7.58. The molecule has 1 aliphatic rings. The van der Waals surface area contributed by atoms with E-state index in [4.69, 9.17) is 5.11 Å². The molecule has 0 aliphatic carbocycles. The van der Waals surface area contributed by atoms with Crippen LogP contribution < -0.4 is 26.6 Å². The minimum Gasteiger partial charge on any atom is -0.465 e. The molecule has 3 aromatic carbocycles. The lowest BCUT2D eigenvalue weighted by Crippen LogP contribution is -2.57. The van der Waals surface area contributed by atoms with E-state index in [1.54, 1.807) is 59.9 Å². The first-order valence-corrected chi connectivity index (χ1v) is 22.8. The van der Waals surface area contributed by atoms with Crippen molar-refractivity contribution in [3.63, 3.8) is 0 Å². The highest BCUT2D eigenvalue weighted by molar-refractivity contribution is 7.13. The molecule has 0 saturated carbocycles. The van der Waals surface area contributed by atoms with Crippen LogP contribution in [-0.4, -0.2) is 80.5 Å². The molecule has 1 fully saturated rings. The third-order valence-corrected chi connectivity index (χ3v) is 12.1. The smallest absolute Gasteiger partial charge is 0.409 e. The van der Waals surface area contributed by atoms with E-state index in [0.29, 0.717) is 29.8 Å². The number of carbonyl (C=O) groups excluding carboxylic acids is 5. The molecular formula is C48H61N7O8S. The topological polar surface area (TPSA) is 219 Å². The van der Waals surface area contributed by atoms with Crippen molar-refractivity contribution in [3.05, 3.63) is 95.1 Å². The van der Waals surface area contributed by atoms with Crippen molar-refractivity contribution in [3.8, 4) is 10.4 Å². The minimum atomic E-state index is -1.24. The number of carboxylic acid groups (broad SMARTS) is 1. The fraction of sp³-hybridized carbons (Fsp3) is 0.438. The Hall–Kier alpha value is -6.13. The largest absolute Gasteiger partial charge is 0.465 e. The number of aryl methyl sites for hydroxylation is 1. The first-order chi connectivity index (χ1) is 30.6. The quantitative estimate of drug-likeness (QED) is 0.0401. The van der Waals surface area contributed by atoms with Gasteiger partial charge in [0, 0.05) is 43.6 Å². The molecule has 4 aromatic rings. The van der Waals surface area contributed by atoms with Crippen LogP contribution in [0.4, 0.5) is 21.9 Å². The highest BCUT2D eigenvalue weighted by Gasteiger charge is 2.44. The summed E-state index contributed by atoms with van der Waals surface area (Å²) >= 11 is 1.57. The first kappa shape index (κ1) is 48.9. The number of rotatable bonds is 21. The summed E-state index contributed by atoms with van der Waals surface area (Å²) < 4.78 is 0. The second kappa shape index (κ2) is 23.5. The van der Waals surface area contributed by atoms with Gasteiger partial charge < -0.3 is 36.4 Å². The number of hydrogen-bond acceptors (Lipinski definition) is 9. The van der Waals surface area contributed by atoms with Crippen molar-refractivity contribution in [2.45, 2.75) is 123 Å². The van der Waals surface area contributed by atoms with Crippen molar-refractivity contribution in [1.29, 1.82) is 0 Å². The monoisotopic (exact) mass is 895 g/mol. The Kier molecular flexibility index (Phi) is 18.0.